The molecule has 0 aromatic heterocycles. The van der Waals surface area contributed by atoms with Crippen molar-refractivity contribution in [3.05, 3.63) is 62.9 Å². The minimum Gasteiger partial charge on any atom is -0.350 e. The number of hydrogen-bond donors (Lipinski definition) is 1. The van der Waals surface area contributed by atoms with Gasteiger partial charge in [0.1, 0.15) is 5.69 Å². The van der Waals surface area contributed by atoms with Crippen molar-refractivity contribution in [2.24, 2.45) is 0 Å². The molecule has 0 fully saturated rings. The Bertz CT molecular complexity index is 587. The number of halogens is 2. The predicted octanol–water partition coefficient (Wildman–Crippen LogP) is 4.24. The summed E-state index contributed by atoms with van der Waals surface area (Å²) >= 11 is 3.28. The highest BCUT2D eigenvalue weighted by Crippen LogP contribution is 2.30. The minimum atomic E-state index is -0.859. The van der Waals surface area contributed by atoms with Crippen LogP contribution in [0.15, 0.2) is 46.9 Å². The fourth-order valence-electron chi connectivity index (χ4n) is 1.49. The van der Waals surface area contributed by atoms with Gasteiger partial charge in [-0.3, -0.25) is 10.1 Å². The first-order valence-corrected chi connectivity index (χ1v) is 5.83. The second-order valence-electron chi connectivity index (χ2n) is 3.53. The van der Waals surface area contributed by atoms with Gasteiger partial charge in [-0.15, -0.1) is 0 Å². The van der Waals surface area contributed by atoms with Gasteiger partial charge in [0.25, 0.3) is 0 Å². The second-order valence-corrected chi connectivity index (χ2v) is 4.44. The SMILES string of the molecule is O=[N+]([O-])c1c(F)cccc1Nc1ccc(Br)cc1. The Hall–Kier alpha value is -1.95. The topological polar surface area (TPSA) is 55.2 Å². The molecular weight excluding hydrogens is 303 g/mol. The zero-order valence-electron chi connectivity index (χ0n) is 9.06. The highest BCUT2D eigenvalue weighted by atomic mass is 79.9. The normalized spacial score (nSPS) is 10.1. The summed E-state index contributed by atoms with van der Waals surface area (Å²) in [6, 6.07) is 11.0. The molecule has 0 spiro atoms. The molecule has 0 aliphatic heterocycles. The highest BCUT2D eigenvalue weighted by molar-refractivity contribution is 9.10. The Morgan fingerprint density at radius 3 is 2.44 bits per heavy atom. The van der Waals surface area contributed by atoms with Gasteiger partial charge in [0.2, 0.25) is 5.82 Å². The predicted molar refractivity (Wildman–Crippen MR) is 70.5 cm³/mol. The number of nitro benzene ring substituents is 1. The zero-order chi connectivity index (χ0) is 13.1. The van der Waals surface area contributed by atoms with Gasteiger partial charge in [-0.1, -0.05) is 22.0 Å². The van der Waals surface area contributed by atoms with E-state index < -0.39 is 16.4 Å². The molecular formula is C12H8BrFN2O2. The lowest BCUT2D eigenvalue weighted by Gasteiger charge is -2.07. The third-order valence-corrected chi connectivity index (χ3v) is 2.82. The van der Waals surface area contributed by atoms with E-state index in [0.29, 0.717) is 5.69 Å². The number of nitro groups is 1. The maximum Gasteiger partial charge on any atom is 0.327 e. The lowest BCUT2D eigenvalue weighted by molar-refractivity contribution is -0.386. The zero-order valence-corrected chi connectivity index (χ0v) is 10.6. The van der Waals surface area contributed by atoms with Crippen LogP contribution in [0.2, 0.25) is 0 Å². The molecule has 0 heterocycles. The third kappa shape index (κ3) is 2.65. The smallest absolute Gasteiger partial charge is 0.327 e. The Morgan fingerprint density at radius 2 is 1.83 bits per heavy atom. The van der Waals surface area contributed by atoms with Gasteiger partial charge >= 0.3 is 5.69 Å². The van der Waals surface area contributed by atoms with Crippen LogP contribution in [0.5, 0.6) is 0 Å². The number of rotatable bonds is 3. The lowest BCUT2D eigenvalue weighted by Crippen LogP contribution is -1.99. The van der Waals surface area contributed by atoms with Crippen molar-refractivity contribution >= 4 is 33.0 Å². The second kappa shape index (κ2) is 5.14. The quantitative estimate of drug-likeness (QED) is 0.681. The number of anilines is 2. The van der Waals surface area contributed by atoms with Gasteiger partial charge in [0.15, 0.2) is 0 Å². The number of para-hydroxylation sites is 1. The van der Waals surface area contributed by atoms with E-state index in [4.69, 9.17) is 0 Å². The molecule has 0 saturated heterocycles. The monoisotopic (exact) mass is 310 g/mol. The molecule has 0 unspecified atom stereocenters. The van der Waals surface area contributed by atoms with Crippen LogP contribution in [0, 0.1) is 15.9 Å². The molecule has 0 aliphatic carbocycles. The molecule has 0 saturated carbocycles. The Kier molecular flexibility index (Phi) is 3.57. The molecule has 2 rings (SSSR count). The summed E-state index contributed by atoms with van der Waals surface area (Å²) in [7, 11) is 0. The van der Waals surface area contributed by atoms with E-state index in [1.54, 1.807) is 24.3 Å². The molecule has 0 bridgehead atoms. The first kappa shape index (κ1) is 12.5. The van der Waals surface area contributed by atoms with E-state index in [1.807, 2.05) is 0 Å². The van der Waals surface area contributed by atoms with Crippen molar-refractivity contribution in [1.82, 2.24) is 0 Å². The largest absolute Gasteiger partial charge is 0.350 e. The van der Waals surface area contributed by atoms with Crippen molar-refractivity contribution < 1.29 is 9.31 Å². The average molecular weight is 311 g/mol. The van der Waals surface area contributed by atoms with Crippen LogP contribution in [0.1, 0.15) is 0 Å². The van der Waals surface area contributed by atoms with Crippen LogP contribution in [0.25, 0.3) is 0 Å². The molecule has 0 aliphatic rings. The van der Waals surface area contributed by atoms with Gasteiger partial charge in [0, 0.05) is 10.2 Å². The molecule has 92 valence electrons. The Labute approximate surface area is 111 Å². The van der Waals surface area contributed by atoms with Crippen LogP contribution in [-0.2, 0) is 0 Å². The van der Waals surface area contributed by atoms with Gasteiger partial charge in [-0.2, -0.15) is 4.39 Å². The first-order valence-electron chi connectivity index (χ1n) is 5.03. The Balaban J connectivity index is 2.37. The van der Waals surface area contributed by atoms with Gasteiger partial charge in [-0.25, -0.2) is 0 Å². The van der Waals surface area contributed by atoms with E-state index in [-0.39, 0.29) is 5.69 Å². The number of nitrogens with zero attached hydrogens (tertiary/aromatic N) is 1. The van der Waals surface area contributed by atoms with E-state index in [2.05, 4.69) is 21.2 Å². The highest BCUT2D eigenvalue weighted by Gasteiger charge is 2.19. The fourth-order valence-corrected chi connectivity index (χ4v) is 1.75. The Morgan fingerprint density at radius 1 is 1.17 bits per heavy atom. The lowest BCUT2D eigenvalue weighted by atomic mass is 10.2. The molecule has 4 nitrogen and oxygen atoms in total. The standard InChI is InChI=1S/C12H8BrFN2O2/c13-8-4-6-9(7-5-8)15-11-3-1-2-10(14)12(11)16(17)18/h1-7,15H. The van der Waals surface area contributed by atoms with Crippen molar-refractivity contribution in [3.8, 4) is 0 Å². The van der Waals surface area contributed by atoms with Crippen LogP contribution in [0.4, 0.5) is 21.5 Å². The van der Waals surface area contributed by atoms with Gasteiger partial charge in [-0.05, 0) is 36.4 Å². The van der Waals surface area contributed by atoms with Crippen LogP contribution in [-0.4, -0.2) is 4.92 Å². The van der Waals surface area contributed by atoms with Crippen molar-refractivity contribution in [3.63, 3.8) is 0 Å². The van der Waals surface area contributed by atoms with Crippen LogP contribution < -0.4 is 5.32 Å². The van der Waals surface area contributed by atoms with Gasteiger partial charge in [0.05, 0.1) is 4.92 Å². The molecule has 0 atom stereocenters. The van der Waals surface area contributed by atoms with E-state index in [1.165, 1.54) is 12.1 Å². The van der Waals surface area contributed by atoms with Crippen molar-refractivity contribution in [2.45, 2.75) is 0 Å². The summed E-state index contributed by atoms with van der Waals surface area (Å²) in [5.74, 6) is -0.859. The average Bonchev–Trinajstić information content (AvgIpc) is 2.32. The molecule has 2 aromatic rings. The maximum absolute atomic E-state index is 13.4. The number of nitrogens with one attached hydrogen (secondary N) is 1. The number of hydrogen-bond acceptors (Lipinski definition) is 3. The number of benzene rings is 2. The van der Waals surface area contributed by atoms with Crippen molar-refractivity contribution in [2.75, 3.05) is 5.32 Å². The maximum atomic E-state index is 13.4. The molecule has 6 heteroatoms. The van der Waals surface area contributed by atoms with Gasteiger partial charge < -0.3 is 5.32 Å². The van der Waals surface area contributed by atoms with Crippen LogP contribution in [0.3, 0.4) is 0 Å². The third-order valence-electron chi connectivity index (χ3n) is 2.29. The summed E-state index contributed by atoms with van der Waals surface area (Å²) in [4.78, 5) is 10.1. The van der Waals surface area contributed by atoms with E-state index >= 15 is 0 Å². The summed E-state index contributed by atoms with van der Waals surface area (Å²) < 4.78 is 14.3. The van der Waals surface area contributed by atoms with Crippen LogP contribution >= 0.6 is 15.9 Å². The molecule has 1 N–H and O–H groups in total. The first-order chi connectivity index (χ1) is 8.58. The summed E-state index contributed by atoms with van der Waals surface area (Å²) in [5, 5.41) is 13.6. The molecule has 0 radical (unpaired) electrons. The summed E-state index contributed by atoms with van der Waals surface area (Å²) in [6.45, 7) is 0. The van der Waals surface area contributed by atoms with E-state index in [9.17, 15) is 14.5 Å². The molecule has 2 aromatic carbocycles. The van der Waals surface area contributed by atoms with Crippen molar-refractivity contribution in [1.29, 1.82) is 0 Å². The fraction of sp³-hybridized carbons (Fsp3) is 0. The minimum absolute atomic E-state index is 0.127. The van der Waals surface area contributed by atoms with E-state index in [0.717, 1.165) is 10.5 Å². The molecule has 0 amide bonds. The molecule has 18 heavy (non-hydrogen) atoms. The summed E-state index contributed by atoms with van der Waals surface area (Å²) in [6.07, 6.45) is 0. The summed E-state index contributed by atoms with van der Waals surface area (Å²) in [5.41, 5.74) is 0.217.